The van der Waals surface area contributed by atoms with Gasteiger partial charge in [0.2, 0.25) is 11.8 Å². The summed E-state index contributed by atoms with van der Waals surface area (Å²) in [6.45, 7) is 10.1. The van der Waals surface area contributed by atoms with Crippen LogP contribution < -0.4 is 15.4 Å². The summed E-state index contributed by atoms with van der Waals surface area (Å²) >= 11 is 0. The number of hydrogen-bond donors (Lipinski definition) is 2. The highest BCUT2D eigenvalue weighted by atomic mass is 16.5. The Kier molecular flexibility index (Phi) is 8.87. The van der Waals surface area contributed by atoms with Crippen molar-refractivity contribution >= 4 is 11.9 Å². The second kappa shape index (κ2) is 11.4. The topological polar surface area (TPSA) is 78.9 Å². The first-order chi connectivity index (χ1) is 13.2. The molecule has 0 aromatic carbocycles. The van der Waals surface area contributed by atoms with Crippen molar-refractivity contribution in [2.75, 3.05) is 32.8 Å². The van der Waals surface area contributed by atoms with Crippen LogP contribution in [0.5, 0.6) is 5.88 Å². The van der Waals surface area contributed by atoms with Crippen LogP contribution >= 0.6 is 0 Å². The van der Waals surface area contributed by atoms with Gasteiger partial charge in [-0.1, -0.05) is 6.07 Å². The van der Waals surface area contributed by atoms with Crippen molar-refractivity contribution in [3.05, 3.63) is 23.9 Å². The fourth-order valence-corrected chi connectivity index (χ4v) is 2.61. The molecule has 7 nitrogen and oxygen atoms in total. The summed E-state index contributed by atoms with van der Waals surface area (Å²) in [5, 5.41) is 6.43. The van der Waals surface area contributed by atoms with Gasteiger partial charge < -0.3 is 20.3 Å². The number of guanidine groups is 1. The molecule has 150 valence electrons. The van der Waals surface area contributed by atoms with Crippen LogP contribution in [-0.4, -0.2) is 54.5 Å². The molecular formula is C20H33N5O2. The number of rotatable bonds is 11. The van der Waals surface area contributed by atoms with Gasteiger partial charge in [-0.3, -0.25) is 4.79 Å². The van der Waals surface area contributed by atoms with Gasteiger partial charge in [-0.05, 0) is 45.1 Å². The third kappa shape index (κ3) is 7.85. The van der Waals surface area contributed by atoms with E-state index in [9.17, 15) is 4.79 Å². The maximum Gasteiger partial charge on any atom is 0.224 e. The van der Waals surface area contributed by atoms with Crippen molar-refractivity contribution in [3.63, 3.8) is 0 Å². The fourth-order valence-electron chi connectivity index (χ4n) is 2.61. The average Bonchev–Trinajstić information content (AvgIpc) is 3.51. The molecule has 0 aliphatic heterocycles. The Labute approximate surface area is 162 Å². The summed E-state index contributed by atoms with van der Waals surface area (Å²) in [7, 11) is 0. The van der Waals surface area contributed by atoms with Crippen LogP contribution in [0.1, 0.15) is 45.6 Å². The van der Waals surface area contributed by atoms with E-state index in [0.717, 1.165) is 37.7 Å². The highest BCUT2D eigenvalue weighted by Gasteiger charge is 2.22. The van der Waals surface area contributed by atoms with E-state index in [0.29, 0.717) is 31.3 Å². The second-order valence-electron chi connectivity index (χ2n) is 6.70. The van der Waals surface area contributed by atoms with Gasteiger partial charge >= 0.3 is 0 Å². The lowest BCUT2D eigenvalue weighted by Crippen LogP contribution is -2.40. The molecule has 1 heterocycles. The number of carbonyl (C=O) groups excluding carboxylic acids is 1. The SMILES string of the molecule is CCNC(=NCc1ccc(OCC2CC2)nc1)NCCC(=O)N(CC)CC. The molecule has 0 spiro atoms. The van der Waals surface area contributed by atoms with Crippen LogP contribution in [0.25, 0.3) is 0 Å². The van der Waals surface area contributed by atoms with Crippen LogP contribution in [0.3, 0.4) is 0 Å². The van der Waals surface area contributed by atoms with Crippen LogP contribution in [0.15, 0.2) is 23.3 Å². The zero-order valence-electron chi connectivity index (χ0n) is 16.8. The first-order valence-electron chi connectivity index (χ1n) is 10.0. The lowest BCUT2D eigenvalue weighted by atomic mass is 10.3. The van der Waals surface area contributed by atoms with Crippen LogP contribution in [0.4, 0.5) is 0 Å². The molecule has 0 saturated heterocycles. The number of hydrogen-bond acceptors (Lipinski definition) is 4. The molecule has 1 aromatic heterocycles. The van der Waals surface area contributed by atoms with Gasteiger partial charge in [-0.15, -0.1) is 0 Å². The minimum atomic E-state index is 0.161. The first-order valence-corrected chi connectivity index (χ1v) is 10.0. The standard InChI is InChI=1S/C20H33N5O2/c1-4-21-20(22-12-11-19(26)25(5-2)6-3)24-14-17-9-10-18(23-13-17)27-15-16-7-8-16/h9-10,13,16H,4-8,11-12,14-15H2,1-3H3,(H2,21,22,24). The van der Waals surface area contributed by atoms with E-state index < -0.39 is 0 Å². The molecule has 0 radical (unpaired) electrons. The zero-order valence-corrected chi connectivity index (χ0v) is 16.8. The molecular weight excluding hydrogens is 342 g/mol. The van der Waals surface area contributed by atoms with Crippen molar-refractivity contribution in [1.82, 2.24) is 20.5 Å². The average molecular weight is 376 g/mol. The Morgan fingerprint density at radius 2 is 2.04 bits per heavy atom. The predicted octanol–water partition coefficient (Wildman–Crippen LogP) is 2.18. The predicted molar refractivity (Wildman–Crippen MR) is 108 cm³/mol. The zero-order chi connectivity index (χ0) is 19.5. The van der Waals surface area contributed by atoms with Crippen LogP contribution in [0, 0.1) is 5.92 Å². The molecule has 0 atom stereocenters. The molecule has 1 fully saturated rings. The molecule has 7 heteroatoms. The largest absolute Gasteiger partial charge is 0.477 e. The van der Waals surface area contributed by atoms with E-state index in [4.69, 9.17) is 4.74 Å². The number of ether oxygens (including phenoxy) is 1. The first kappa shape index (κ1) is 21.0. The van der Waals surface area contributed by atoms with Crippen LogP contribution in [0.2, 0.25) is 0 Å². The quantitative estimate of drug-likeness (QED) is 0.458. The molecule has 1 aliphatic rings. The lowest BCUT2D eigenvalue weighted by molar-refractivity contribution is -0.130. The number of pyridine rings is 1. The van der Waals surface area contributed by atoms with Gasteiger partial charge in [0.1, 0.15) is 0 Å². The van der Waals surface area contributed by atoms with Crippen molar-refractivity contribution in [3.8, 4) is 5.88 Å². The molecule has 1 aliphatic carbocycles. The van der Waals surface area contributed by atoms with Crippen molar-refractivity contribution in [1.29, 1.82) is 0 Å². The minimum absolute atomic E-state index is 0.161. The molecule has 1 aromatic rings. The maximum absolute atomic E-state index is 12.1. The summed E-state index contributed by atoms with van der Waals surface area (Å²) in [6, 6.07) is 3.89. The Balaban J connectivity index is 1.78. The molecule has 2 N–H and O–H groups in total. The maximum atomic E-state index is 12.1. The highest BCUT2D eigenvalue weighted by molar-refractivity contribution is 5.81. The number of amides is 1. The summed E-state index contributed by atoms with van der Waals surface area (Å²) in [5.74, 6) is 2.27. The molecule has 1 amide bonds. The summed E-state index contributed by atoms with van der Waals surface area (Å²) in [4.78, 5) is 22.8. The summed E-state index contributed by atoms with van der Waals surface area (Å²) in [6.07, 6.45) is 4.81. The van der Waals surface area contributed by atoms with Crippen molar-refractivity contribution < 1.29 is 9.53 Å². The van der Waals surface area contributed by atoms with E-state index in [1.165, 1.54) is 12.8 Å². The molecule has 1 saturated carbocycles. The molecule has 2 rings (SSSR count). The smallest absolute Gasteiger partial charge is 0.224 e. The number of aromatic nitrogens is 1. The third-order valence-electron chi connectivity index (χ3n) is 4.47. The van der Waals surface area contributed by atoms with E-state index in [1.807, 2.05) is 37.8 Å². The van der Waals surface area contributed by atoms with Crippen molar-refractivity contribution in [2.24, 2.45) is 10.9 Å². The van der Waals surface area contributed by atoms with Gasteiger partial charge in [0.05, 0.1) is 13.2 Å². The van der Waals surface area contributed by atoms with E-state index in [2.05, 4.69) is 20.6 Å². The Hall–Kier alpha value is -2.31. The van der Waals surface area contributed by atoms with Crippen LogP contribution in [-0.2, 0) is 11.3 Å². The Morgan fingerprint density at radius 1 is 1.26 bits per heavy atom. The molecule has 0 unspecified atom stereocenters. The number of aliphatic imine (C=N–C) groups is 1. The molecule has 0 bridgehead atoms. The van der Waals surface area contributed by atoms with Gasteiger partial charge in [0.15, 0.2) is 5.96 Å². The second-order valence-corrected chi connectivity index (χ2v) is 6.70. The highest BCUT2D eigenvalue weighted by Crippen LogP contribution is 2.29. The number of nitrogens with one attached hydrogen (secondary N) is 2. The summed E-state index contributed by atoms with van der Waals surface area (Å²) in [5.41, 5.74) is 1.02. The monoisotopic (exact) mass is 375 g/mol. The van der Waals surface area contributed by atoms with E-state index in [1.54, 1.807) is 6.20 Å². The van der Waals surface area contributed by atoms with Gasteiger partial charge in [0, 0.05) is 44.9 Å². The summed E-state index contributed by atoms with van der Waals surface area (Å²) < 4.78 is 5.65. The Bertz CT molecular complexity index is 595. The number of carbonyl (C=O) groups is 1. The Morgan fingerprint density at radius 3 is 2.63 bits per heavy atom. The van der Waals surface area contributed by atoms with E-state index >= 15 is 0 Å². The van der Waals surface area contributed by atoms with Gasteiger partial charge in [-0.2, -0.15) is 0 Å². The normalized spacial score (nSPS) is 14.0. The van der Waals surface area contributed by atoms with Gasteiger partial charge in [0.25, 0.3) is 0 Å². The number of nitrogens with zero attached hydrogens (tertiary/aromatic N) is 3. The fraction of sp³-hybridized carbons (Fsp3) is 0.650. The van der Waals surface area contributed by atoms with Gasteiger partial charge in [-0.25, -0.2) is 9.98 Å². The molecule has 27 heavy (non-hydrogen) atoms. The third-order valence-corrected chi connectivity index (χ3v) is 4.47. The lowest BCUT2D eigenvalue weighted by Gasteiger charge is -2.19. The van der Waals surface area contributed by atoms with Crippen molar-refractivity contribution in [2.45, 2.75) is 46.6 Å². The van der Waals surface area contributed by atoms with E-state index in [-0.39, 0.29) is 5.91 Å². The minimum Gasteiger partial charge on any atom is -0.477 e.